The summed E-state index contributed by atoms with van der Waals surface area (Å²) < 4.78 is 16.1. The van der Waals surface area contributed by atoms with Gasteiger partial charge in [0.25, 0.3) is 5.72 Å². The fraction of sp³-hybridized carbons (Fsp3) is 0.304. The van der Waals surface area contributed by atoms with Gasteiger partial charge in [0.2, 0.25) is 0 Å². The molecule has 1 unspecified atom stereocenters. The highest BCUT2D eigenvalue weighted by Gasteiger charge is 2.51. The Bertz CT molecular complexity index is 995. The molecule has 0 aromatic heterocycles. The van der Waals surface area contributed by atoms with Crippen LogP contribution in [0.1, 0.15) is 29.2 Å². The van der Waals surface area contributed by atoms with E-state index in [1.54, 1.807) is 31.2 Å². The zero-order chi connectivity index (χ0) is 21.2. The Kier molecular flexibility index (Phi) is 5.75. The molecule has 0 radical (unpaired) electrons. The summed E-state index contributed by atoms with van der Waals surface area (Å²) in [6, 6.07) is 13.0. The van der Waals surface area contributed by atoms with Gasteiger partial charge in [-0.1, -0.05) is 42.0 Å². The van der Waals surface area contributed by atoms with Gasteiger partial charge in [0.05, 0.1) is 19.3 Å². The first-order valence-electron chi connectivity index (χ1n) is 9.44. The van der Waals surface area contributed by atoms with E-state index in [0.29, 0.717) is 11.3 Å². The molecule has 3 rings (SSSR count). The minimum absolute atomic E-state index is 0.134. The van der Waals surface area contributed by atoms with Crippen LogP contribution in [0.3, 0.4) is 0 Å². The highest BCUT2D eigenvalue weighted by Crippen LogP contribution is 2.44. The van der Waals surface area contributed by atoms with Crippen molar-refractivity contribution in [1.82, 2.24) is 0 Å². The number of methoxy groups -OCH3 is 1. The number of hydrogen-bond acceptors (Lipinski definition) is 6. The summed E-state index contributed by atoms with van der Waals surface area (Å²) in [7, 11) is 1.30. The van der Waals surface area contributed by atoms with E-state index in [1.165, 1.54) is 7.11 Å². The van der Waals surface area contributed by atoms with Crippen molar-refractivity contribution in [2.24, 2.45) is 5.73 Å². The summed E-state index contributed by atoms with van der Waals surface area (Å²) >= 11 is 0. The number of carbonyl (C=O) groups excluding carboxylic acids is 2. The van der Waals surface area contributed by atoms with E-state index in [-0.39, 0.29) is 24.2 Å². The van der Waals surface area contributed by atoms with Crippen LogP contribution < -0.4 is 10.5 Å². The second-order valence-corrected chi connectivity index (χ2v) is 7.01. The number of hydrogen-bond donors (Lipinski definition) is 1. The molecule has 1 heterocycles. The van der Waals surface area contributed by atoms with Gasteiger partial charge >= 0.3 is 11.9 Å². The van der Waals surface area contributed by atoms with Crippen LogP contribution in [0.4, 0.5) is 0 Å². The normalized spacial score (nSPS) is 19.2. The Hall–Kier alpha value is -3.12. The third-order valence-electron chi connectivity index (χ3n) is 4.98. The molecule has 2 aromatic rings. The number of aryl methyl sites for hydroxylation is 2. The monoisotopic (exact) mass is 395 g/mol. The van der Waals surface area contributed by atoms with Gasteiger partial charge in [-0.05, 0) is 38.0 Å². The molecule has 0 aliphatic carbocycles. The van der Waals surface area contributed by atoms with Crippen molar-refractivity contribution in [2.75, 3.05) is 13.7 Å². The number of esters is 2. The molecule has 0 saturated carbocycles. The molecule has 2 N–H and O–H groups in total. The maximum absolute atomic E-state index is 12.8. The predicted octanol–water partition coefficient (Wildman–Crippen LogP) is 3.08. The first kappa shape index (κ1) is 20.6. The van der Waals surface area contributed by atoms with Gasteiger partial charge in [0.1, 0.15) is 5.75 Å². The van der Waals surface area contributed by atoms with E-state index in [1.807, 2.05) is 32.0 Å². The second kappa shape index (κ2) is 8.09. The van der Waals surface area contributed by atoms with Crippen LogP contribution in [0.5, 0.6) is 5.75 Å². The highest BCUT2D eigenvalue weighted by molar-refractivity contribution is 6.08. The van der Waals surface area contributed by atoms with Crippen molar-refractivity contribution in [2.45, 2.75) is 32.9 Å². The molecule has 6 nitrogen and oxygen atoms in total. The lowest BCUT2D eigenvalue weighted by molar-refractivity contribution is -0.155. The van der Waals surface area contributed by atoms with Gasteiger partial charge in [-0.15, -0.1) is 0 Å². The predicted molar refractivity (Wildman–Crippen MR) is 109 cm³/mol. The zero-order valence-corrected chi connectivity index (χ0v) is 17.1. The van der Waals surface area contributed by atoms with Crippen molar-refractivity contribution in [1.29, 1.82) is 0 Å². The Morgan fingerprint density at radius 1 is 1.14 bits per heavy atom. The minimum Gasteiger partial charge on any atom is -0.466 e. The van der Waals surface area contributed by atoms with Crippen molar-refractivity contribution in [3.8, 4) is 5.75 Å². The molecule has 1 aliphatic rings. The molecule has 0 amide bonds. The van der Waals surface area contributed by atoms with Crippen LogP contribution in [0.15, 0.2) is 48.0 Å². The summed E-state index contributed by atoms with van der Waals surface area (Å²) in [5.41, 5.74) is 8.64. The molecule has 1 aliphatic heterocycles. The summed E-state index contributed by atoms with van der Waals surface area (Å²) in [5, 5.41) is 0. The van der Waals surface area contributed by atoms with E-state index < -0.39 is 17.7 Å². The smallest absolute Gasteiger partial charge is 0.371 e. The molecule has 2 aromatic carbocycles. The molecule has 0 bridgehead atoms. The lowest BCUT2D eigenvalue weighted by Gasteiger charge is -2.25. The maximum Gasteiger partial charge on any atom is 0.371 e. The third kappa shape index (κ3) is 3.76. The number of carbonyl (C=O) groups is 2. The number of fused-ring (bicyclic) bond motifs is 1. The summed E-state index contributed by atoms with van der Waals surface area (Å²) in [4.78, 5) is 25.6. The fourth-order valence-electron chi connectivity index (χ4n) is 3.52. The minimum atomic E-state index is -1.93. The molecular formula is C23H25NO5. The summed E-state index contributed by atoms with van der Waals surface area (Å²) in [6.07, 6.45) is 0.242. The van der Waals surface area contributed by atoms with Gasteiger partial charge in [-0.25, -0.2) is 9.59 Å². The van der Waals surface area contributed by atoms with Crippen molar-refractivity contribution < 1.29 is 23.8 Å². The number of para-hydroxylation sites is 1. The van der Waals surface area contributed by atoms with Crippen LogP contribution in [0, 0.1) is 13.8 Å². The van der Waals surface area contributed by atoms with Crippen LogP contribution in [0.25, 0.3) is 5.57 Å². The van der Waals surface area contributed by atoms with Crippen LogP contribution in [-0.4, -0.2) is 31.4 Å². The molecule has 0 fully saturated rings. The Morgan fingerprint density at radius 3 is 2.55 bits per heavy atom. The second-order valence-electron chi connectivity index (χ2n) is 7.01. The average molecular weight is 395 g/mol. The van der Waals surface area contributed by atoms with E-state index in [9.17, 15) is 9.59 Å². The maximum atomic E-state index is 12.8. The number of rotatable bonds is 5. The fourth-order valence-corrected chi connectivity index (χ4v) is 3.52. The topological polar surface area (TPSA) is 87.9 Å². The molecule has 1 atom stereocenters. The van der Waals surface area contributed by atoms with Crippen molar-refractivity contribution in [3.63, 3.8) is 0 Å². The Morgan fingerprint density at radius 2 is 1.86 bits per heavy atom. The van der Waals surface area contributed by atoms with Gasteiger partial charge < -0.3 is 14.2 Å². The lowest BCUT2D eigenvalue weighted by atomic mass is 9.88. The largest absolute Gasteiger partial charge is 0.466 e. The molecule has 0 spiro atoms. The van der Waals surface area contributed by atoms with Crippen LogP contribution in [-0.2, 0) is 25.5 Å². The van der Waals surface area contributed by atoms with Gasteiger partial charge in [0, 0.05) is 17.6 Å². The highest BCUT2D eigenvalue weighted by atomic mass is 16.6. The summed E-state index contributed by atoms with van der Waals surface area (Å²) in [6.45, 7) is 5.77. The summed E-state index contributed by atoms with van der Waals surface area (Å²) in [5.74, 6) is -0.908. The molecular weight excluding hydrogens is 370 g/mol. The Balaban J connectivity index is 2.26. The molecule has 6 heteroatoms. The number of nitrogens with two attached hydrogens (primary N) is 1. The number of ether oxygens (including phenoxy) is 3. The SMILES string of the molecule is CCOC(=O)C1(N)Oc2ccccc2/C1=C(\Cc1cc(C)ccc1C)C(=O)OC. The van der Waals surface area contributed by atoms with E-state index >= 15 is 0 Å². The molecule has 0 saturated heterocycles. The Labute approximate surface area is 170 Å². The van der Waals surface area contributed by atoms with Crippen molar-refractivity contribution >= 4 is 17.5 Å². The van der Waals surface area contributed by atoms with E-state index in [0.717, 1.165) is 16.7 Å². The third-order valence-corrected chi connectivity index (χ3v) is 4.98. The molecule has 29 heavy (non-hydrogen) atoms. The first-order chi connectivity index (χ1) is 13.8. The van der Waals surface area contributed by atoms with E-state index in [2.05, 4.69) is 0 Å². The zero-order valence-electron chi connectivity index (χ0n) is 17.1. The van der Waals surface area contributed by atoms with Gasteiger partial charge in [0.15, 0.2) is 0 Å². The van der Waals surface area contributed by atoms with Gasteiger partial charge in [-0.2, -0.15) is 0 Å². The average Bonchev–Trinajstić information content (AvgIpc) is 3.01. The van der Waals surface area contributed by atoms with E-state index in [4.69, 9.17) is 19.9 Å². The van der Waals surface area contributed by atoms with Crippen LogP contribution >= 0.6 is 0 Å². The van der Waals surface area contributed by atoms with Gasteiger partial charge in [-0.3, -0.25) is 5.73 Å². The van der Waals surface area contributed by atoms with Crippen LogP contribution in [0.2, 0.25) is 0 Å². The van der Waals surface area contributed by atoms with Crippen molar-refractivity contribution in [3.05, 3.63) is 70.3 Å². The first-order valence-corrected chi connectivity index (χ1v) is 9.44. The standard InChI is InChI=1S/C23H25NO5/c1-5-28-22(26)23(24)20(17-8-6-7-9-19(17)29-23)18(21(25)27-4)13-16-12-14(2)10-11-15(16)3/h6-12H,5,13,24H2,1-4H3/b20-18-. The lowest BCUT2D eigenvalue weighted by Crippen LogP contribution is -2.53. The quantitative estimate of drug-likeness (QED) is 0.618. The number of benzene rings is 2. The molecule has 152 valence electrons.